The van der Waals surface area contributed by atoms with Crippen LogP contribution in [0.5, 0.6) is 0 Å². The van der Waals surface area contributed by atoms with Crippen LogP contribution in [0.3, 0.4) is 0 Å². The molecule has 0 aromatic heterocycles. The van der Waals surface area contributed by atoms with Crippen LogP contribution in [0.15, 0.2) is 18.2 Å². The SMILES string of the molecule is CCCNCc1cc(F)ccc1N(C)C(C)CO. The molecule has 0 radical (unpaired) electrons. The van der Waals surface area contributed by atoms with Gasteiger partial charge in [-0.1, -0.05) is 6.92 Å². The van der Waals surface area contributed by atoms with Gasteiger partial charge >= 0.3 is 0 Å². The molecule has 0 heterocycles. The second kappa shape index (κ2) is 7.34. The summed E-state index contributed by atoms with van der Waals surface area (Å²) in [6, 6.07) is 4.79. The average molecular weight is 254 g/mol. The predicted molar refractivity (Wildman–Crippen MR) is 73.3 cm³/mol. The maximum Gasteiger partial charge on any atom is 0.123 e. The lowest BCUT2D eigenvalue weighted by Gasteiger charge is -2.28. The van der Waals surface area contributed by atoms with Crippen molar-refractivity contribution < 1.29 is 9.50 Å². The van der Waals surface area contributed by atoms with Gasteiger partial charge in [0.25, 0.3) is 0 Å². The van der Waals surface area contributed by atoms with Crippen molar-refractivity contribution in [2.75, 3.05) is 25.1 Å². The summed E-state index contributed by atoms with van der Waals surface area (Å²) in [5.74, 6) is -0.225. The lowest BCUT2D eigenvalue weighted by Crippen LogP contribution is -2.33. The van der Waals surface area contributed by atoms with E-state index in [9.17, 15) is 9.50 Å². The van der Waals surface area contributed by atoms with Gasteiger partial charge in [0.15, 0.2) is 0 Å². The number of likely N-dealkylation sites (N-methyl/N-ethyl adjacent to an activating group) is 1. The van der Waals surface area contributed by atoms with Gasteiger partial charge in [-0.05, 0) is 43.7 Å². The van der Waals surface area contributed by atoms with E-state index in [0.29, 0.717) is 6.54 Å². The maximum atomic E-state index is 13.3. The number of anilines is 1. The molecule has 1 aromatic carbocycles. The topological polar surface area (TPSA) is 35.5 Å². The molecule has 102 valence electrons. The normalized spacial score (nSPS) is 12.5. The third-order valence-corrected chi connectivity index (χ3v) is 3.09. The van der Waals surface area contributed by atoms with Crippen LogP contribution in [-0.2, 0) is 6.54 Å². The van der Waals surface area contributed by atoms with E-state index in [4.69, 9.17) is 0 Å². The fraction of sp³-hybridized carbons (Fsp3) is 0.571. The third kappa shape index (κ3) is 3.96. The van der Waals surface area contributed by atoms with Gasteiger partial charge in [0, 0.05) is 25.3 Å². The van der Waals surface area contributed by atoms with Crippen molar-refractivity contribution in [3.8, 4) is 0 Å². The highest BCUT2D eigenvalue weighted by Crippen LogP contribution is 2.22. The van der Waals surface area contributed by atoms with Crippen LogP contribution < -0.4 is 10.2 Å². The molecule has 1 atom stereocenters. The number of hydrogen-bond donors (Lipinski definition) is 2. The molecule has 2 N–H and O–H groups in total. The van der Waals surface area contributed by atoms with E-state index < -0.39 is 0 Å². The van der Waals surface area contributed by atoms with Crippen LogP contribution in [0, 0.1) is 5.82 Å². The van der Waals surface area contributed by atoms with Gasteiger partial charge in [-0.25, -0.2) is 4.39 Å². The highest BCUT2D eigenvalue weighted by atomic mass is 19.1. The van der Waals surface area contributed by atoms with Gasteiger partial charge in [0.2, 0.25) is 0 Å². The van der Waals surface area contributed by atoms with Crippen LogP contribution in [0.2, 0.25) is 0 Å². The zero-order chi connectivity index (χ0) is 13.5. The zero-order valence-corrected chi connectivity index (χ0v) is 11.4. The predicted octanol–water partition coefficient (Wildman–Crippen LogP) is 2.14. The van der Waals surface area contributed by atoms with Gasteiger partial charge in [0.05, 0.1) is 6.61 Å². The molecule has 0 spiro atoms. The summed E-state index contributed by atoms with van der Waals surface area (Å²) < 4.78 is 13.3. The average Bonchev–Trinajstić information content (AvgIpc) is 2.37. The molecule has 1 unspecified atom stereocenters. The first-order chi connectivity index (χ1) is 8.60. The zero-order valence-electron chi connectivity index (χ0n) is 11.4. The Morgan fingerprint density at radius 3 is 2.78 bits per heavy atom. The molecule has 0 aliphatic carbocycles. The summed E-state index contributed by atoms with van der Waals surface area (Å²) in [4.78, 5) is 1.97. The number of hydrogen-bond acceptors (Lipinski definition) is 3. The lowest BCUT2D eigenvalue weighted by atomic mass is 10.1. The molecule has 0 amide bonds. The van der Waals surface area contributed by atoms with Crippen LogP contribution in [0.1, 0.15) is 25.8 Å². The van der Waals surface area contributed by atoms with Crippen molar-refractivity contribution in [3.05, 3.63) is 29.6 Å². The van der Waals surface area contributed by atoms with Crippen molar-refractivity contribution >= 4 is 5.69 Å². The van der Waals surface area contributed by atoms with Gasteiger partial charge in [-0.2, -0.15) is 0 Å². The second-order valence-electron chi connectivity index (χ2n) is 4.59. The number of benzene rings is 1. The standard InChI is InChI=1S/C14H23FN2O/c1-4-7-16-9-12-8-13(15)5-6-14(12)17(3)11(2)10-18/h5-6,8,11,16,18H,4,7,9-10H2,1-3H3. The van der Waals surface area contributed by atoms with Crippen LogP contribution >= 0.6 is 0 Å². The largest absolute Gasteiger partial charge is 0.394 e. The number of aliphatic hydroxyl groups excluding tert-OH is 1. The van der Waals surface area contributed by atoms with Crippen molar-refractivity contribution in [1.82, 2.24) is 5.32 Å². The van der Waals surface area contributed by atoms with Crippen molar-refractivity contribution in [2.45, 2.75) is 32.9 Å². The Hall–Kier alpha value is -1.13. The molecule has 0 bridgehead atoms. The summed E-state index contributed by atoms with van der Waals surface area (Å²) in [7, 11) is 1.91. The minimum Gasteiger partial charge on any atom is -0.394 e. The highest BCUT2D eigenvalue weighted by molar-refractivity contribution is 5.54. The quantitative estimate of drug-likeness (QED) is 0.732. The molecule has 0 aliphatic rings. The Morgan fingerprint density at radius 2 is 2.17 bits per heavy atom. The summed E-state index contributed by atoms with van der Waals surface area (Å²) in [6.07, 6.45) is 1.05. The van der Waals surface area contributed by atoms with Crippen LogP contribution in [0.4, 0.5) is 10.1 Å². The molecule has 0 fully saturated rings. The lowest BCUT2D eigenvalue weighted by molar-refractivity contribution is 0.270. The summed E-state index contributed by atoms with van der Waals surface area (Å²) in [5, 5.41) is 12.5. The fourth-order valence-electron chi connectivity index (χ4n) is 1.80. The summed E-state index contributed by atoms with van der Waals surface area (Å²) >= 11 is 0. The molecule has 1 aromatic rings. The van der Waals surface area contributed by atoms with E-state index in [1.165, 1.54) is 6.07 Å². The molecule has 1 rings (SSSR count). The molecule has 0 aliphatic heterocycles. The molecule has 3 nitrogen and oxygen atoms in total. The van der Waals surface area contributed by atoms with Gasteiger partial charge in [0.1, 0.15) is 5.82 Å². The number of halogens is 1. The highest BCUT2D eigenvalue weighted by Gasteiger charge is 2.13. The van der Waals surface area contributed by atoms with E-state index in [-0.39, 0.29) is 18.5 Å². The molecule has 0 saturated carbocycles. The van der Waals surface area contributed by atoms with E-state index in [1.807, 2.05) is 18.9 Å². The Kier molecular flexibility index (Phi) is 6.09. The van der Waals surface area contributed by atoms with Crippen LogP contribution in [-0.4, -0.2) is 31.3 Å². The van der Waals surface area contributed by atoms with E-state index >= 15 is 0 Å². The number of aliphatic hydroxyl groups is 1. The Balaban J connectivity index is 2.88. The van der Waals surface area contributed by atoms with Gasteiger partial charge in [-0.15, -0.1) is 0 Å². The van der Waals surface area contributed by atoms with E-state index in [0.717, 1.165) is 24.2 Å². The molecule has 4 heteroatoms. The minimum absolute atomic E-state index is 0.0142. The molecule has 0 saturated heterocycles. The Morgan fingerprint density at radius 1 is 1.44 bits per heavy atom. The number of nitrogens with zero attached hydrogens (tertiary/aromatic N) is 1. The fourth-order valence-corrected chi connectivity index (χ4v) is 1.80. The Bertz CT molecular complexity index is 371. The summed E-state index contributed by atoms with van der Waals surface area (Å²) in [5.41, 5.74) is 1.88. The van der Waals surface area contributed by atoms with Crippen LogP contribution in [0.25, 0.3) is 0 Å². The first-order valence-electron chi connectivity index (χ1n) is 6.43. The second-order valence-corrected chi connectivity index (χ2v) is 4.59. The molecular weight excluding hydrogens is 231 g/mol. The Labute approximate surface area is 109 Å². The van der Waals surface area contributed by atoms with Crippen molar-refractivity contribution in [3.63, 3.8) is 0 Å². The number of rotatable bonds is 7. The summed E-state index contributed by atoms with van der Waals surface area (Å²) in [6.45, 7) is 5.67. The first kappa shape index (κ1) is 14.9. The molecular formula is C14H23FN2O. The van der Waals surface area contributed by atoms with Crippen molar-refractivity contribution in [2.24, 2.45) is 0 Å². The van der Waals surface area contributed by atoms with Crippen molar-refractivity contribution in [1.29, 1.82) is 0 Å². The monoisotopic (exact) mass is 254 g/mol. The molecule has 18 heavy (non-hydrogen) atoms. The van der Waals surface area contributed by atoms with E-state index in [2.05, 4.69) is 12.2 Å². The van der Waals surface area contributed by atoms with Gasteiger partial charge in [-0.3, -0.25) is 0 Å². The first-order valence-corrected chi connectivity index (χ1v) is 6.43. The minimum atomic E-state index is -0.225. The number of nitrogens with one attached hydrogen (secondary N) is 1. The third-order valence-electron chi connectivity index (χ3n) is 3.09. The van der Waals surface area contributed by atoms with E-state index in [1.54, 1.807) is 12.1 Å². The maximum absolute atomic E-state index is 13.3. The smallest absolute Gasteiger partial charge is 0.123 e. The van der Waals surface area contributed by atoms with Gasteiger partial charge < -0.3 is 15.3 Å².